The van der Waals surface area contributed by atoms with Gasteiger partial charge in [0.25, 0.3) is 0 Å². The lowest BCUT2D eigenvalue weighted by Crippen LogP contribution is -2.51. The molecule has 9 nitrogen and oxygen atoms in total. The molecule has 1 fully saturated rings. The van der Waals surface area contributed by atoms with Crippen molar-refractivity contribution in [1.29, 1.82) is 0 Å². The van der Waals surface area contributed by atoms with Crippen LogP contribution >= 0.6 is 0 Å². The molecular weight excluding hydrogens is 470 g/mol. The molecule has 35 heavy (non-hydrogen) atoms. The maximum atomic E-state index is 13.2. The highest BCUT2D eigenvalue weighted by Gasteiger charge is 2.30. The second-order valence-corrected chi connectivity index (χ2v) is 10.8. The zero-order chi connectivity index (χ0) is 24.4. The summed E-state index contributed by atoms with van der Waals surface area (Å²) < 4.78 is 44.9. The third kappa shape index (κ3) is 5.14. The number of para-hydroxylation sites is 1. The van der Waals surface area contributed by atoms with Crippen LogP contribution in [-0.4, -0.2) is 69.5 Å². The summed E-state index contributed by atoms with van der Waals surface area (Å²) in [5.41, 5.74) is 0.787. The standard InChI is InChI=1S/C25H29N3O6S/c1-18(23-15-19-5-2-3-6-21(19)34-23)26-25(29)17-27-9-11-28(12-10-27)35(30,31)20-7-8-22-24(16-20)33-14-4-13-32-22/h2-3,5-8,15-16,18H,4,9-14,17H2,1H3,(H,26,29)/t18-/m1/s1. The van der Waals surface area contributed by atoms with E-state index in [9.17, 15) is 13.2 Å². The number of hydrogen-bond acceptors (Lipinski definition) is 7. The summed E-state index contributed by atoms with van der Waals surface area (Å²) in [5.74, 6) is 1.59. The van der Waals surface area contributed by atoms with Gasteiger partial charge in [-0.1, -0.05) is 18.2 Å². The lowest BCUT2D eigenvalue weighted by atomic mass is 10.2. The highest BCUT2D eigenvalue weighted by atomic mass is 32.2. The molecule has 186 valence electrons. The van der Waals surface area contributed by atoms with Crippen LogP contribution in [0, 0.1) is 0 Å². The van der Waals surface area contributed by atoms with Crippen LogP contribution in [0.1, 0.15) is 25.1 Å². The molecule has 0 bridgehead atoms. The van der Waals surface area contributed by atoms with Crippen molar-refractivity contribution in [2.45, 2.75) is 24.3 Å². The average molecular weight is 500 g/mol. The molecule has 2 aliphatic rings. The lowest BCUT2D eigenvalue weighted by molar-refractivity contribution is -0.123. The molecule has 2 aromatic carbocycles. The summed E-state index contributed by atoms with van der Waals surface area (Å²) in [7, 11) is -3.67. The molecule has 1 aromatic heterocycles. The van der Waals surface area contributed by atoms with Gasteiger partial charge in [0.1, 0.15) is 11.3 Å². The fourth-order valence-electron chi connectivity index (χ4n) is 4.36. The maximum Gasteiger partial charge on any atom is 0.243 e. The summed E-state index contributed by atoms with van der Waals surface area (Å²) in [6, 6.07) is 14.1. The summed E-state index contributed by atoms with van der Waals surface area (Å²) in [6.07, 6.45) is 0.753. The van der Waals surface area contributed by atoms with Gasteiger partial charge in [-0.2, -0.15) is 4.31 Å². The number of hydrogen-bond donors (Lipinski definition) is 1. The number of nitrogens with one attached hydrogen (secondary N) is 1. The van der Waals surface area contributed by atoms with E-state index < -0.39 is 10.0 Å². The second-order valence-electron chi connectivity index (χ2n) is 8.82. The van der Waals surface area contributed by atoms with E-state index in [1.54, 1.807) is 12.1 Å². The van der Waals surface area contributed by atoms with E-state index in [1.165, 1.54) is 10.4 Å². The van der Waals surface area contributed by atoms with Gasteiger partial charge in [0.2, 0.25) is 15.9 Å². The molecule has 0 unspecified atom stereocenters. The van der Waals surface area contributed by atoms with Gasteiger partial charge in [-0.05, 0) is 31.2 Å². The van der Waals surface area contributed by atoms with Crippen LogP contribution in [0.15, 0.2) is 57.8 Å². The van der Waals surface area contributed by atoms with Gasteiger partial charge in [0.05, 0.1) is 30.7 Å². The Morgan fingerprint density at radius 1 is 1.00 bits per heavy atom. The summed E-state index contributed by atoms with van der Waals surface area (Å²) in [4.78, 5) is 14.8. The van der Waals surface area contributed by atoms with E-state index in [2.05, 4.69) is 5.32 Å². The molecular formula is C25H29N3O6S. The van der Waals surface area contributed by atoms with Crippen LogP contribution in [0.3, 0.4) is 0 Å². The summed E-state index contributed by atoms with van der Waals surface area (Å²) in [5, 5.41) is 3.97. The first kappa shape index (κ1) is 23.7. The quantitative estimate of drug-likeness (QED) is 0.557. The Labute approximate surface area is 204 Å². The van der Waals surface area contributed by atoms with Crippen LogP contribution in [-0.2, 0) is 14.8 Å². The Hall–Kier alpha value is -3.08. The second kappa shape index (κ2) is 9.88. The highest BCUT2D eigenvalue weighted by Crippen LogP contribution is 2.33. The van der Waals surface area contributed by atoms with E-state index in [4.69, 9.17) is 13.9 Å². The van der Waals surface area contributed by atoms with E-state index in [1.807, 2.05) is 42.2 Å². The summed E-state index contributed by atoms with van der Waals surface area (Å²) in [6.45, 7) is 4.68. The number of amides is 1. The minimum atomic E-state index is -3.67. The minimum absolute atomic E-state index is 0.128. The molecule has 1 N–H and O–H groups in total. The SMILES string of the molecule is C[C@@H](NC(=O)CN1CCN(S(=O)(=O)c2ccc3c(c2)OCCCO3)CC1)c1cc2ccccc2o1. The number of rotatable bonds is 6. The molecule has 0 radical (unpaired) electrons. The highest BCUT2D eigenvalue weighted by molar-refractivity contribution is 7.89. The number of carbonyl (C=O) groups is 1. The van der Waals surface area contributed by atoms with Crippen LogP contribution in [0.2, 0.25) is 0 Å². The zero-order valence-electron chi connectivity index (χ0n) is 19.6. The number of sulfonamides is 1. The van der Waals surface area contributed by atoms with Crippen molar-refractivity contribution in [3.8, 4) is 11.5 Å². The van der Waals surface area contributed by atoms with Crippen molar-refractivity contribution >= 4 is 26.9 Å². The van der Waals surface area contributed by atoms with Crippen molar-refractivity contribution in [3.05, 3.63) is 54.3 Å². The van der Waals surface area contributed by atoms with E-state index in [0.29, 0.717) is 56.7 Å². The predicted molar refractivity (Wildman–Crippen MR) is 130 cm³/mol. The third-order valence-electron chi connectivity index (χ3n) is 6.30. The molecule has 1 amide bonds. The van der Waals surface area contributed by atoms with Crippen molar-refractivity contribution in [3.63, 3.8) is 0 Å². The third-order valence-corrected chi connectivity index (χ3v) is 8.20. The Balaban J connectivity index is 1.15. The van der Waals surface area contributed by atoms with Crippen molar-refractivity contribution in [1.82, 2.24) is 14.5 Å². The van der Waals surface area contributed by atoms with Crippen LogP contribution < -0.4 is 14.8 Å². The number of benzene rings is 2. The number of carbonyl (C=O) groups excluding carboxylic acids is 1. The molecule has 3 aromatic rings. The van der Waals surface area contributed by atoms with E-state index >= 15 is 0 Å². The Kier molecular flexibility index (Phi) is 6.68. The number of ether oxygens (including phenoxy) is 2. The van der Waals surface area contributed by atoms with Crippen LogP contribution in [0.4, 0.5) is 0 Å². The topological polar surface area (TPSA) is 101 Å². The molecule has 3 heterocycles. The number of furan rings is 1. The van der Waals surface area contributed by atoms with E-state index in [0.717, 1.165) is 17.4 Å². The van der Waals surface area contributed by atoms with Gasteiger partial charge in [-0.3, -0.25) is 9.69 Å². The van der Waals surface area contributed by atoms with Crippen molar-refractivity contribution < 1.29 is 27.1 Å². The Morgan fingerprint density at radius 3 is 2.51 bits per heavy atom. The smallest absolute Gasteiger partial charge is 0.243 e. The fraction of sp³-hybridized carbons (Fsp3) is 0.400. The molecule has 10 heteroatoms. The Morgan fingerprint density at radius 2 is 1.74 bits per heavy atom. The lowest BCUT2D eigenvalue weighted by Gasteiger charge is -2.33. The van der Waals surface area contributed by atoms with Gasteiger partial charge < -0.3 is 19.2 Å². The maximum absolute atomic E-state index is 13.2. The molecule has 1 atom stereocenters. The molecule has 0 aliphatic carbocycles. The van der Waals surface area contributed by atoms with Crippen molar-refractivity contribution in [2.24, 2.45) is 0 Å². The monoisotopic (exact) mass is 499 g/mol. The number of piperazine rings is 1. The molecule has 5 rings (SSSR count). The van der Waals surface area contributed by atoms with E-state index in [-0.39, 0.29) is 23.4 Å². The molecule has 0 saturated carbocycles. The van der Waals surface area contributed by atoms with Gasteiger partial charge >= 0.3 is 0 Å². The van der Waals surface area contributed by atoms with Gasteiger partial charge in [0.15, 0.2) is 11.5 Å². The predicted octanol–water partition coefficient (Wildman–Crippen LogP) is 2.78. The largest absolute Gasteiger partial charge is 0.490 e. The Bertz CT molecular complexity index is 1280. The average Bonchev–Trinajstić information content (AvgIpc) is 3.15. The molecule has 2 aliphatic heterocycles. The van der Waals surface area contributed by atoms with Crippen molar-refractivity contribution in [2.75, 3.05) is 45.9 Å². The summed E-state index contributed by atoms with van der Waals surface area (Å²) >= 11 is 0. The van der Waals surface area contributed by atoms with Crippen LogP contribution in [0.5, 0.6) is 11.5 Å². The fourth-order valence-corrected chi connectivity index (χ4v) is 5.80. The molecule has 1 saturated heterocycles. The van der Waals surface area contributed by atoms with Gasteiger partial charge in [0, 0.05) is 44.1 Å². The zero-order valence-corrected chi connectivity index (χ0v) is 20.4. The van der Waals surface area contributed by atoms with Gasteiger partial charge in [-0.15, -0.1) is 0 Å². The number of nitrogens with zero attached hydrogens (tertiary/aromatic N) is 2. The normalized spacial score (nSPS) is 18.2. The minimum Gasteiger partial charge on any atom is -0.490 e. The van der Waals surface area contributed by atoms with Crippen LogP contribution in [0.25, 0.3) is 11.0 Å². The first-order chi connectivity index (χ1) is 16.9. The first-order valence-electron chi connectivity index (χ1n) is 11.8. The number of fused-ring (bicyclic) bond motifs is 2. The van der Waals surface area contributed by atoms with Gasteiger partial charge in [-0.25, -0.2) is 8.42 Å². The first-order valence-corrected chi connectivity index (χ1v) is 13.2. The molecule has 0 spiro atoms.